The van der Waals surface area contributed by atoms with Crippen molar-refractivity contribution in [2.45, 2.75) is 13.0 Å². The van der Waals surface area contributed by atoms with Crippen LogP contribution in [0.4, 0.5) is 10.1 Å². The van der Waals surface area contributed by atoms with Crippen LogP contribution < -0.4 is 5.32 Å². The SMILES string of the molecule is CC(Nc1c(Cl)cnc2ccccc12)c1cc(-c2cc3ccccc3[nH]2)ccc1F. The van der Waals surface area contributed by atoms with E-state index in [9.17, 15) is 4.39 Å². The fourth-order valence-corrected chi connectivity index (χ4v) is 4.04. The predicted molar refractivity (Wildman–Crippen MR) is 122 cm³/mol. The van der Waals surface area contributed by atoms with Gasteiger partial charge in [0.2, 0.25) is 0 Å². The van der Waals surface area contributed by atoms with E-state index in [0.717, 1.165) is 38.8 Å². The molecule has 3 aromatic carbocycles. The van der Waals surface area contributed by atoms with Gasteiger partial charge in [-0.2, -0.15) is 0 Å². The molecule has 0 spiro atoms. The molecule has 5 aromatic rings. The number of nitrogens with one attached hydrogen (secondary N) is 2. The molecule has 0 aliphatic rings. The first kappa shape index (κ1) is 18.6. The molecule has 2 aromatic heterocycles. The second-order valence-corrected chi connectivity index (χ2v) is 7.78. The van der Waals surface area contributed by atoms with Crippen LogP contribution in [0.25, 0.3) is 33.1 Å². The number of aromatic nitrogens is 2. The number of hydrogen-bond acceptors (Lipinski definition) is 2. The average Bonchev–Trinajstić information content (AvgIpc) is 3.20. The van der Waals surface area contributed by atoms with E-state index >= 15 is 0 Å². The highest BCUT2D eigenvalue weighted by molar-refractivity contribution is 6.34. The zero-order chi connectivity index (χ0) is 20.7. The van der Waals surface area contributed by atoms with Crippen LogP contribution in [-0.4, -0.2) is 9.97 Å². The molecule has 0 saturated carbocycles. The molecule has 5 rings (SSSR count). The van der Waals surface area contributed by atoms with Crippen molar-refractivity contribution >= 4 is 39.1 Å². The maximum Gasteiger partial charge on any atom is 0.128 e. The van der Waals surface area contributed by atoms with E-state index in [0.29, 0.717) is 10.6 Å². The molecule has 0 bridgehead atoms. The van der Waals surface area contributed by atoms with Gasteiger partial charge in [-0.15, -0.1) is 0 Å². The monoisotopic (exact) mass is 415 g/mol. The average molecular weight is 416 g/mol. The van der Waals surface area contributed by atoms with Gasteiger partial charge in [0.25, 0.3) is 0 Å². The molecule has 0 radical (unpaired) electrons. The van der Waals surface area contributed by atoms with Gasteiger partial charge in [0, 0.05) is 33.7 Å². The third-order valence-corrected chi connectivity index (χ3v) is 5.68. The van der Waals surface area contributed by atoms with Crippen LogP contribution in [0.15, 0.2) is 79.0 Å². The lowest BCUT2D eigenvalue weighted by molar-refractivity contribution is 0.600. The Morgan fingerprint density at radius 1 is 1.00 bits per heavy atom. The smallest absolute Gasteiger partial charge is 0.128 e. The summed E-state index contributed by atoms with van der Waals surface area (Å²) in [6, 6.07) is 22.8. The molecule has 0 fully saturated rings. The maximum absolute atomic E-state index is 14.8. The second kappa shape index (κ2) is 7.47. The van der Waals surface area contributed by atoms with Crippen LogP contribution >= 0.6 is 11.6 Å². The number of fused-ring (bicyclic) bond motifs is 2. The molecule has 3 nitrogen and oxygen atoms in total. The molecule has 0 saturated heterocycles. The van der Waals surface area contributed by atoms with Gasteiger partial charge in [0.05, 0.1) is 22.3 Å². The van der Waals surface area contributed by atoms with Gasteiger partial charge in [0.1, 0.15) is 5.82 Å². The highest BCUT2D eigenvalue weighted by atomic mass is 35.5. The number of halogens is 2. The topological polar surface area (TPSA) is 40.7 Å². The van der Waals surface area contributed by atoms with Gasteiger partial charge < -0.3 is 10.3 Å². The Labute approximate surface area is 178 Å². The largest absolute Gasteiger partial charge is 0.377 e. The molecule has 1 unspecified atom stereocenters. The molecule has 30 heavy (non-hydrogen) atoms. The van der Waals surface area contributed by atoms with Crippen LogP contribution in [0.5, 0.6) is 0 Å². The summed E-state index contributed by atoms with van der Waals surface area (Å²) in [5.41, 5.74) is 5.11. The summed E-state index contributed by atoms with van der Waals surface area (Å²) < 4.78 is 14.8. The van der Waals surface area contributed by atoms with Crippen molar-refractivity contribution < 1.29 is 4.39 Å². The van der Waals surface area contributed by atoms with E-state index < -0.39 is 0 Å². The lowest BCUT2D eigenvalue weighted by atomic mass is 10.0. The summed E-state index contributed by atoms with van der Waals surface area (Å²) in [6.07, 6.45) is 1.62. The highest BCUT2D eigenvalue weighted by Crippen LogP contribution is 2.34. The van der Waals surface area contributed by atoms with Crippen LogP contribution in [0, 0.1) is 5.82 Å². The number of benzene rings is 3. The molecule has 0 amide bonds. The van der Waals surface area contributed by atoms with Gasteiger partial charge >= 0.3 is 0 Å². The zero-order valence-corrected chi connectivity index (χ0v) is 17.0. The van der Waals surface area contributed by atoms with Gasteiger partial charge in [-0.1, -0.05) is 48.0 Å². The number of anilines is 1. The summed E-state index contributed by atoms with van der Waals surface area (Å²) in [5.74, 6) is -0.260. The van der Waals surface area contributed by atoms with E-state index in [-0.39, 0.29) is 11.9 Å². The second-order valence-electron chi connectivity index (χ2n) is 7.37. The van der Waals surface area contributed by atoms with Crippen molar-refractivity contribution in [3.63, 3.8) is 0 Å². The van der Waals surface area contributed by atoms with Crippen molar-refractivity contribution in [1.29, 1.82) is 0 Å². The van der Waals surface area contributed by atoms with E-state index in [1.165, 1.54) is 6.07 Å². The minimum Gasteiger partial charge on any atom is -0.377 e. The Bertz CT molecular complexity index is 1340. The molecule has 0 aliphatic carbocycles. The van der Waals surface area contributed by atoms with Crippen molar-refractivity contribution in [3.05, 3.63) is 95.4 Å². The number of aromatic amines is 1. The van der Waals surface area contributed by atoms with Gasteiger partial charge in [-0.25, -0.2) is 4.39 Å². The molecule has 2 N–H and O–H groups in total. The first-order chi connectivity index (χ1) is 14.6. The lowest BCUT2D eigenvalue weighted by Gasteiger charge is -2.19. The lowest BCUT2D eigenvalue weighted by Crippen LogP contribution is -2.10. The van der Waals surface area contributed by atoms with Gasteiger partial charge in [0.15, 0.2) is 0 Å². The van der Waals surface area contributed by atoms with Crippen molar-refractivity contribution in [3.8, 4) is 11.3 Å². The van der Waals surface area contributed by atoms with Crippen LogP contribution in [0.3, 0.4) is 0 Å². The number of rotatable bonds is 4. The van der Waals surface area contributed by atoms with Crippen LogP contribution in [0.1, 0.15) is 18.5 Å². The first-order valence-corrected chi connectivity index (χ1v) is 10.2. The Hall–Kier alpha value is -3.37. The standard InChI is InChI=1S/C25H19ClFN3/c1-15(29-25-18-7-3-5-9-23(18)28-14-20(25)26)19-12-17(10-11-21(19)27)24-13-16-6-2-4-8-22(16)30-24/h2-15,30H,1H3,(H,28,29). The molecular formula is C25H19ClFN3. The Morgan fingerprint density at radius 2 is 1.80 bits per heavy atom. The molecular weight excluding hydrogens is 397 g/mol. The molecule has 2 heterocycles. The minimum atomic E-state index is -0.294. The molecule has 0 aliphatic heterocycles. The Balaban J connectivity index is 1.53. The predicted octanol–water partition coefficient (Wildman–Crippen LogP) is 7.35. The van der Waals surface area contributed by atoms with Crippen LogP contribution in [0.2, 0.25) is 5.02 Å². The third kappa shape index (κ3) is 3.29. The molecule has 1 atom stereocenters. The number of H-pyrrole nitrogens is 1. The summed E-state index contributed by atoms with van der Waals surface area (Å²) >= 11 is 6.42. The van der Waals surface area contributed by atoms with E-state index in [2.05, 4.69) is 27.4 Å². The number of pyridine rings is 1. The van der Waals surface area contributed by atoms with E-state index in [1.54, 1.807) is 12.3 Å². The quantitative estimate of drug-likeness (QED) is 0.322. The summed E-state index contributed by atoms with van der Waals surface area (Å²) in [5, 5.41) is 5.93. The van der Waals surface area contributed by atoms with Crippen molar-refractivity contribution in [2.75, 3.05) is 5.32 Å². The zero-order valence-electron chi connectivity index (χ0n) is 16.3. The highest BCUT2D eigenvalue weighted by Gasteiger charge is 2.16. The normalized spacial score (nSPS) is 12.4. The van der Waals surface area contributed by atoms with Gasteiger partial charge in [-0.3, -0.25) is 4.98 Å². The molecule has 5 heteroatoms. The summed E-state index contributed by atoms with van der Waals surface area (Å²) in [6.45, 7) is 1.93. The number of nitrogens with zero attached hydrogens (tertiary/aromatic N) is 1. The van der Waals surface area contributed by atoms with Crippen molar-refractivity contribution in [2.24, 2.45) is 0 Å². The fraction of sp³-hybridized carbons (Fsp3) is 0.0800. The third-order valence-electron chi connectivity index (χ3n) is 5.39. The summed E-state index contributed by atoms with van der Waals surface area (Å²) in [7, 11) is 0. The van der Waals surface area contributed by atoms with Crippen LogP contribution in [-0.2, 0) is 0 Å². The number of hydrogen-bond donors (Lipinski definition) is 2. The van der Waals surface area contributed by atoms with Gasteiger partial charge in [-0.05, 0) is 48.9 Å². The minimum absolute atomic E-state index is 0.260. The Kier molecular flexibility index (Phi) is 4.64. The fourth-order valence-electron chi connectivity index (χ4n) is 3.83. The molecule has 148 valence electrons. The first-order valence-electron chi connectivity index (χ1n) is 9.77. The van der Waals surface area contributed by atoms with E-state index in [1.807, 2.05) is 55.5 Å². The Morgan fingerprint density at radius 3 is 2.67 bits per heavy atom. The van der Waals surface area contributed by atoms with Crippen molar-refractivity contribution in [1.82, 2.24) is 9.97 Å². The van der Waals surface area contributed by atoms with E-state index in [4.69, 9.17) is 11.6 Å². The number of para-hydroxylation sites is 2. The summed E-state index contributed by atoms with van der Waals surface area (Å²) in [4.78, 5) is 7.77. The maximum atomic E-state index is 14.8.